The van der Waals surface area contributed by atoms with Gasteiger partial charge in [-0.15, -0.1) is 11.3 Å². The van der Waals surface area contributed by atoms with Crippen LogP contribution in [0.15, 0.2) is 29.3 Å². The summed E-state index contributed by atoms with van der Waals surface area (Å²) in [7, 11) is 1.77. The van der Waals surface area contributed by atoms with Gasteiger partial charge in [-0.1, -0.05) is 12.1 Å². The number of aryl methyl sites for hydroxylation is 2. The fourth-order valence-corrected chi connectivity index (χ4v) is 3.28. The van der Waals surface area contributed by atoms with Crippen LogP contribution in [-0.4, -0.2) is 30.4 Å². The molecule has 0 fully saturated rings. The van der Waals surface area contributed by atoms with Gasteiger partial charge in [-0.2, -0.15) is 0 Å². The van der Waals surface area contributed by atoms with Crippen molar-refractivity contribution in [1.29, 1.82) is 0 Å². The number of aliphatic imine (C=N–C) groups is 1. The molecular formula is C18H25N5OS. The van der Waals surface area contributed by atoms with E-state index in [0.717, 1.165) is 41.9 Å². The molecule has 134 valence electrons. The highest BCUT2D eigenvalue weighted by molar-refractivity contribution is 7.11. The molecule has 0 unspecified atom stereocenters. The Hall–Kier alpha value is -2.41. The maximum absolute atomic E-state index is 11.0. The molecule has 6 nitrogen and oxygen atoms in total. The summed E-state index contributed by atoms with van der Waals surface area (Å²) in [5.41, 5.74) is 3.09. The van der Waals surface area contributed by atoms with Crippen LogP contribution in [0.4, 0.5) is 5.69 Å². The molecule has 0 atom stereocenters. The third-order valence-corrected chi connectivity index (χ3v) is 4.69. The van der Waals surface area contributed by atoms with Crippen LogP contribution in [0.1, 0.15) is 28.1 Å². The molecule has 1 aromatic carbocycles. The van der Waals surface area contributed by atoms with E-state index in [9.17, 15) is 4.79 Å². The summed E-state index contributed by atoms with van der Waals surface area (Å²) < 4.78 is 0. The summed E-state index contributed by atoms with van der Waals surface area (Å²) in [6.45, 7) is 7.06. The first-order valence-electron chi connectivity index (χ1n) is 8.22. The fraction of sp³-hybridized carbons (Fsp3) is 0.389. The van der Waals surface area contributed by atoms with Crippen LogP contribution < -0.4 is 16.0 Å². The number of nitrogens with one attached hydrogen (secondary N) is 3. The van der Waals surface area contributed by atoms with Crippen LogP contribution in [0.3, 0.4) is 0 Å². The molecule has 25 heavy (non-hydrogen) atoms. The van der Waals surface area contributed by atoms with Crippen LogP contribution in [0.25, 0.3) is 0 Å². The lowest BCUT2D eigenvalue weighted by Crippen LogP contribution is -2.37. The van der Waals surface area contributed by atoms with Crippen molar-refractivity contribution in [2.24, 2.45) is 4.99 Å². The zero-order valence-corrected chi connectivity index (χ0v) is 16.0. The smallest absolute Gasteiger partial charge is 0.221 e. The molecule has 1 amide bonds. The van der Waals surface area contributed by atoms with Crippen molar-refractivity contribution < 1.29 is 4.79 Å². The van der Waals surface area contributed by atoms with E-state index in [1.54, 1.807) is 18.4 Å². The highest BCUT2D eigenvalue weighted by atomic mass is 32.1. The summed E-state index contributed by atoms with van der Waals surface area (Å²) in [6.07, 6.45) is 0.875. The molecule has 3 N–H and O–H groups in total. The molecule has 2 aromatic rings. The Kier molecular flexibility index (Phi) is 6.94. The fourth-order valence-electron chi connectivity index (χ4n) is 2.41. The van der Waals surface area contributed by atoms with E-state index < -0.39 is 0 Å². The van der Waals surface area contributed by atoms with E-state index in [2.05, 4.69) is 25.9 Å². The Morgan fingerprint density at radius 2 is 1.92 bits per heavy atom. The van der Waals surface area contributed by atoms with Crippen LogP contribution in [-0.2, 0) is 17.8 Å². The van der Waals surface area contributed by atoms with Gasteiger partial charge in [0.1, 0.15) is 0 Å². The quantitative estimate of drug-likeness (QED) is 0.547. The van der Waals surface area contributed by atoms with Gasteiger partial charge in [0.25, 0.3) is 0 Å². The van der Waals surface area contributed by atoms with Gasteiger partial charge in [-0.3, -0.25) is 9.79 Å². The predicted molar refractivity (Wildman–Crippen MR) is 104 cm³/mol. The number of thiazole rings is 1. The lowest BCUT2D eigenvalue weighted by molar-refractivity contribution is -0.114. The molecule has 0 aliphatic carbocycles. The maximum atomic E-state index is 11.0. The van der Waals surface area contributed by atoms with E-state index in [1.165, 1.54) is 17.4 Å². The van der Waals surface area contributed by atoms with Crippen molar-refractivity contribution in [3.8, 4) is 0 Å². The van der Waals surface area contributed by atoms with Crippen LogP contribution in [0.5, 0.6) is 0 Å². The number of anilines is 1. The minimum absolute atomic E-state index is 0.0596. The number of nitrogens with zero attached hydrogens (tertiary/aromatic N) is 2. The van der Waals surface area contributed by atoms with Crippen molar-refractivity contribution >= 4 is 28.9 Å². The topological polar surface area (TPSA) is 78.4 Å². The molecule has 0 spiro atoms. The first kappa shape index (κ1) is 18.9. The lowest BCUT2D eigenvalue weighted by atomic mass is 10.1. The third-order valence-electron chi connectivity index (χ3n) is 3.62. The second-order valence-corrected chi connectivity index (χ2v) is 7.01. The molecule has 0 aliphatic rings. The van der Waals surface area contributed by atoms with Crippen molar-refractivity contribution in [2.75, 3.05) is 18.9 Å². The maximum Gasteiger partial charge on any atom is 0.221 e. The van der Waals surface area contributed by atoms with Gasteiger partial charge >= 0.3 is 0 Å². The summed E-state index contributed by atoms with van der Waals surface area (Å²) >= 11 is 1.71. The van der Waals surface area contributed by atoms with Gasteiger partial charge in [0.2, 0.25) is 5.91 Å². The number of carbonyl (C=O) groups is 1. The number of guanidine groups is 1. The predicted octanol–water partition coefficient (Wildman–Crippen LogP) is 2.63. The Morgan fingerprint density at radius 1 is 1.20 bits per heavy atom. The van der Waals surface area contributed by atoms with Crippen LogP contribution in [0.2, 0.25) is 0 Å². The highest BCUT2D eigenvalue weighted by Crippen LogP contribution is 2.16. The highest BCUT2D eigenvalue weighted by Gasteiger charge is 2.05. The summed E-state index contributed by atoms with van der Waals surface area (Å²) in [4.78, 5) is 20.9. The van der Waals surface area contributed by atoms with Gasteiger partial charge in [0.05, 0.1) is 17.2 Å². The van der Waals surface area contributed by atoms with Gasteiger partial charge < -0.3 is 16.0 Å². The Bertz CT molecular complexity index is 736. The number of carbonyl (C=O) groups excluding carboxylic acids is 1. The second-order valence-electron chi connectivity index (χ2n) is 5.72. The van der Waals surface area contributed by atoms with Gasteiger partial charge in [-0.05, 0) is 38.0 Å². The Labute approximate surface area is 152 Å². The number of benzene rings is 1. The Morgan fingerprint density at radius 3 is 2.48 bits per heavy atom. The van der Waals surface area contributed by atoms with Gasteiger partial charge in [-0.25, -0.2) is 4.98 Å². The first-order chi connectivity index (χ1) is 12.0. The van der Waals surface area contributed by atoms with E-state index in [-0.39, 0.29) is 5.91 Å². The van der Waals surface area contributed by atoms with Crippen LogP contribution in [0, 0.1) is 13.8 Å². The average Bonchev–Trinajstić information content (AvgIpc) is 2.89. The Balaban J connectivity index is 1.77. The van der Waals surface area contributed by atoms with E-state index in [1.807, 2.05) is 38.1 Å². The van der Waals surface area contributed by atoms with Crippen molar-refractivity contribution in [3.05, 3.63) is 45.4 Å². The van der Waals surface area contributed by atoms with E-state index >= 15 is 0 Å². The third kappa shape index (κ3) is 6.19. The van der Waals surface area contributed by atoms with Gasteiger partial charge in [0, 0.05) is 31.1 Å². The zero-order chi connectivity index (χ0) is 18.2. The number of hydrogen-bond acceptors (Lipinski definition) is 4. The van der Waals surface area contributed by atoms with Gasteiger partial charge in [0.15, 0.2) is 5.96 Å². The standard InChI is InChI=1S/C18H25N5OS/c1-12-17(25-14(3)22-12)11-21-18(19-4)20-10-9-15-5-7-16(8-6-15)23-13(2)24/h5-8H,9-11H2,1-4H3,(H,23,24)(H2,19,20,21). The molecule has 7 heteroatoms. The van der Waals surface area contributed by atoms with Crippen LogP contribution >= 0.6 is 11.3 Å². The van der Waals surface area contributed by atoms with E-state index in [0.29, 0.717) is 0 Å². The normalized spacial score (nSPS) is 11.3. The average molecular weight is 359 g/mol. The monoisotopic (exact) mass is 359 g/mol. The molecule has 0 aliphatic heterocycles. The first-order valence-corrected chi connectivity index (χ1v) is 9.03. The van der Waals surface area contributed by atoms with Crippen molar-refractivity contribution in [3.63, 3.8) is 0 Å². The molecule has 1 aromatic heterocycles. The molecule has 2 rings (SSSR count). The molecular weight excluding hydrogens is 334 g/mol. The van der Waals surface area contributed by atoms with E-state index in [4.69, 9.17) is 0 Å². The summed E-state index contributed by atoms with van der Waals surface area (Å²) in [5, 5.41) is 10.5. The molecule has 0 bridgehead atoms. The van der Waals surface area contributed by atoms with Crippen molar-refractivity contribution in [2.45, 2.75) is 33.7 Å². The summed E-state index contributed by atoms with van der Waals surface area (Å²) in [6, 6.07) is 7.87. The zero-order valence-electron chi connectivity index (χ0n) is 15.1. The minimum atomic E-state index is -0.0596. The van der Waals surface area contributed by atoms with Crippen molar-refractivity contribution in [1.82, 2.24) is 15.6 Å². The lowest BCUT2D eigenvalue weighted by Gasteiger charge is -2.11. The second kappa shape index (κ2) is 9.17. The summed E-state index contributed by atoms with van der Waals surface area (Å²) in [5.74, 6) is 0.719. The SMILES string of the molecule is CN=C(NCCc1ccc(NC(C)=O)cc1)NCc1sc(C)nc1C. The number of aromatic nitrogens is 1. The molecule has 1 heterocycles. The molecule has 0 saturated carbocycles. The number of hydrogen-bond donors (Lipinski definition) is 3. The number of rotatable bonds is 6. The molecule has 0 saturated heterocycles. The minimum Gasteiger partial charge on any atom is -0.356 e. The molecule has 0 radical (unpaired) electrons. The number of amides is 1. The largest absolute Gasteiger partial charge is 0.356 e.